The number of fused-ring (bicyclic) bond motifs is 1. The molecule has 1 N–H and O–H groups in total. The van der Waals surface area contributed by atoms with E-state index in [1.807, 2.05) is 36.4 Å². The molecule has 0 bridgehead atoms. The lowest BCUT2D eigenvalue weighted by Gasteiger charge is -2.03. The third kappa shape index (κ3) is 1.58. The van der Waals surface area contributed by atoms with Gasteiger partial charge in [-0.25, -0.2) is 9.50 Å². The molecule has 0 atom stereocenters. The third-order valence-corrected chi connectivity index (χ3v) is 2.19. The van der Waals surface area contributed by atoms with E-state index in [1.165, 1.54) is 0 Å². The zero-order valence-electron chi connectivity index (χ0n) is 8.41. The molecule has 3 aromatic rings. The van der Waals surface area contributed by atoms with E-state index in [9.17, 15) is 0 Å². The summed E-state index contributed by atoms with van der Waals surface area (Å²) in [5, 5.41) is 7.15. The van der Waals surface area contributed by atoms with Crippen LogP contribution in [0.2, 0.25) is 0 Å². The van der Waals surface area contributed by atoms with Crippen LogP contribution in [0.4, 0.5) is 11.6 Å². The number of hydrogen-bond donors (Lipinski definition) is 1. The molecule has 0 aliphatic carbocycles. The van der Waals surface area contributed by atoms with Crippen molar-refractivity contribution < 1.29 is 0 Å². The van der Waals surface area contributed by atoms with Gasteiger partial charge in [0, 0.05) is 11.8 Å². The minimum Gasteiger partial charge on any atom is -0.324 e. The summed E-state index contributed by atoms with van der Waals surface area (Å²) >= 11 is 0. The molecule has 0 saturated heterocycles. The Morgan fingerprint density at radius 2 is 1.94 bits per heavy atom. The second-order valence-electron chi connectivity index (χ2n) is 3.30. The van der Waals surface area contributed by atoms with E-state index >= 15 is 0 Å². The van der Waals surface area contributed by atoms with Gasteiger partial charge in [0.05, 0.1) is 6.20 Å². The van der Waals surface area contributed by atoms with Gasteiger partial charge < -0.3 is 5.32 Å². The quantitative estimate of drug-likeness (QED) is 0.703. The molecular weight excluding hydrogens is 202 g/mol. The molecule has 1 aromatic carbocycles. The molecule has 0 amide bonds. The molecule has 78 valence electrons. The second kappa shape index (κ2) is 3.62. The van der Waals surface area contributed by atoms with Crippen LogP contribution >= 0.6 is 0 Å². The van der Waals surface area contributed by atoms with E-state index in [1.54, 1.807) is 17.0 Å². The second-order valence-corrected chi connectivity index (χ2v) is 3.30. The van der Waals surface area contributed by atoms with Crippen molar-refractivity contribution in [1.29, 1.82) is 0 Å². The fraction of sp³-hybridized carbons (Fsp3) is 0. The average molecular weight is 211 g/mol. The SMILES string of the molecule is c1ccc(Nc2ncn3nccc3n2)cc1. The Hall–Kier alpha value is -2.43. The van der Waals surface area contributed by atoms with Gasteiger partial charge in [-0.3, -0.25) is 0 Å². The summed E-state index contributed by atoms with van der Waals surface area (Å²) in [6.07, 6.45) is 3.32. The number of benzene rings is 1. The zero-order chi connectivity index (χ0) is 10.8. The van der Waals surface area contributed by atoms with E-state index in [0.29, 0.717) is 5.95 Å². The molecule has 5 nitrogen and oxygen atoms in total. The maximum absolute atomic E-state index is 4.31. The van der Waals surface area contributed by atoms with Crippen LogP contribution in [-0.4, -0.2) is 19.6 Å². The predicted octanol–water partition coefficient (Wildman–Crippen LogP) is 1.87. The first-order valence-corrected chi connectivity index (χ1v) is 4.90. The van der Waals surface area contributed by atoms with Gasteiger partial charge >= 0.3 is 0 Å². The molecular formula is C11H9N5. The summed E-state index contributed by atoms with van der Waals surface area (Å²) in [6, 6.07) is 11.6. The molecule has 0 aliphatic rings. The van der Waals surface area contributed by atoms with Crippen LogP contribution in [0.15, 0.2) is 48.9 Å². The molecule has 2 aromatic heterocycles. The van der Waals surface area contributed by atoms with Crippen molar-refractivity contribution in [2.75, 3.05) is 5.32 Å². The fourth-order valence-corrected chi connectivity index (χ4v) is 1.44. The number of aromatic nitrogens is 4. The molecule has 3 rings (SSSR count). The summed E-state index contributed by atoms with van der Waals surface area (Å²) < 4.78 is 1.62. The van der Waals surface area contributed by atoms with Crippen LogP contribution in [0, 0.1) is 0 Å². The highest BCUT2D eigenvalue weighted by atomic mass is 15.3. The van der Waals surface area contributed by atoms with Crippen molar-refractivity contribution in [3.8, 4) is 0 Å². The Kier molecular flexibility index (Phi) is 2.00. The van der Waals surface area contributed by atoms with E-state index in [4.69, 9.17) is 0 Å². The maximum Gasteiger partial charge on any atom is 0.230 e. The molecule has 0 fully saturated rings. The van der Waals surface area contributed by atoms with Crippen LogP contribution in [0.3, 0.4) is 0 Å². The van der Waals surface area contributed by atoms with Gasteiger partial charge in [-0.05, 0) is 12.1 Å². The first-order chi connectivity index (χ1) is 7.92. The van der Waals surface area contributed by atoms with Gasteiger partial charge in [0.25, 0.3) is 0 Å². The first kappa shape index (κ1) is 8.84. The molecule has 0 spiro atoms. The van der Waals surface area contributed by atoms with E-state index in [2.05, 4.69) is 20.4 Å². The Morgan fingerprint density at radius 1 is 1.06 bits per heavy atom. The van der Waals surface area contributed by atoms with Crippen LogP contribution in [0.5, 0.6) is 0 Å². The van der Waals surface area contributed by atoms with Gasteiger partial charge in [0.2, 0.25) is 5.95 Å². The number of anilines is 2. The van der Waals surface area contributed by atoms with E-state index in [0.717, 1.165) is 11.3 Å². The summed E-state index contributed by atoms with van der Waals surface area (Å²) in [4.78, 5) is 8.46. The molecule has 2 heterocycles. The van der Waals surface area contributed by atoms with Gasteiger partial charge in [-0.1, -0.05) is 18.2 Å². The number of nitrogens with one attached hydrogen (secondary N) is 1. The van der Waals surface area contributed by atoms with Crippen molar-refractivity contribution in [3.63, 3.8) is 0 Å². The number of nitrogens with zero attached hydrogens (tertiary/aromatic N) is 4. The van der Waals surface area contributed by atoms with Gasteiger partial charge in [-0.2, -0.15) is 10.1 Å². The highest BCUT2D eigenvalue weighted by molar-refractivity contribution is 5.54. The van der Waals surface area contributed by atoms with Gasteiger partial charge in [0.1, 0.15) is 6.33 Å². The zero-order valence-corrected chi connectivity index (χ0v) is 8.41. The minimum atomic E-state index is 0.569. The normalized spacial score (nSPS) is 10.5. The number of para-hydroxylation sites is 1. The lowest BCUT2D eigenvalue weighted by molar-refractivity contribution is 0.895. The average Bonchev–Trinajstić information content (AvgIpc) is 2.77. The van der Waals surface area contributed by atoms with Crippen molar-refractivity contribution in [1.82, 2.24) is 19.6 Å². The Morgan fingerprint density at radius 3 is 2.81 bits per heavy atom. The lowest BCUT2D eigenvalue weighted by atomic mass is 10.3. The molecule has 0 aliphatic heterocycles. The monoisotopic (exact) mass is 211 g/mol. The summed E-state index contributed by atoms with van der Waals surface area (Å²) in [5.74, 6) is 0.569. The van der Waals surface area contributed by atoms with Crippen LogP contribution in [0.1, 0.15) is 0 Å². The summed E-state index contributed by atoms with van der Waals surface area (Å²) in [5.41, 5.74) is 1.74. The molecule has 5 heteroatoms. The Balaban J connectivity index is 1.94. The molecule has 0 radical (unpaired) electrons. The number of hydrogen-bond acceptors (Lipinski definition) is 4. The van der Waals surface area contributed by atoms with E-state index in [-0.39, 0.29) is 0 Å². The van der Waals surface area contributed by atoms with Crippen LogP contribution in [-0.2, 0) is 0 Å². The minimum absolute atomic E-state index is 0.569. The summed E-state index contributed by atoms with van der Waals surface area (Å²) in [7, 11) is 0. The third-order valence-electron chi connectivity index (χ3n) is 2.19. The van der Waals surface area contributed by atoms with Crippen molar-refractivity contribution >= 4 is 17.3 Å². The first-order valence-electron chi connectivity index (χ1n) is 4.90. The molecule has 0 unspecified atom stereocenters. The Bertz CT molecular complexity index is 602. The molecule has 16 heavy (non-hydrogen) atoms. The topological polar surface area (TPSA) is 55.1 Å². The standard InChI is InChI=1S/C11H9N5/c1-2-4-9(5-3-1)14-11-12-8-16-10(15-11)6-7-13-16/h1-8H,(H,14,15). The van der Waals surface area contributed by atoms with Crippen molar-refractivity contribution in [3.05, 3.63) is 48.9 Å². The van der Waals surface area contributed by atoms with Gasteiger partial charge in [0.15, 0.2) is 5.65 Å². The van der Waals surface area contributed by atoms with E-state index < -0.39 is 0 Å². The maximum atomic E-state index is 4.31. The largest absolute Gasteiger partial charge is 0.324 e. The van der Waals surface area contributed by atoms with Crippen LogP contribution < -0.4 is 5.32 Å². The van der Waals surface area contributed by atoms with Gasteiger partial charge in [-0.15, -0.1) is 0 Å². The fourth-order valence-electron chi connectivity index (χ4n) is 1.44. The highest BCUT2D eigenvalue weighted by Crippen LogP contribution is 2.11. The summed E-state index contributed by atoms with van der Waals surface area (Å²) in [6.45, 7) is 0. The van der Waals surface area contributed by atoms with Crippen LogP contribution in [0.25, 0.3) is 5.65 Å². The Labute approximate surface area is 91.8 Å². The van der Waals surface area contributed by atoms with Crippen molar-refractivity contribution in [2.45, 2.75) is 0 Å². The predicted molar refractivity (Wildman–Crippen MR) is 60.5 cm³/mol. The number of rotatable bonds is 2. The highest BCUT2D eigenvalue weighted by Gasteiger charge is 1.99. The molecule has 0 saturated carbocycles. The lowest BCUT2D eigenvalue weighted by Crippen LogP contribution is -1.99. The van der Waals surface area contributed by atoms with Crippen molar-refractivity contribution in [2.24, 2.45) is 0 Å². The smallest absolute Gasteiger partial charge is 0.230 e.